The van der Waals surface area contributed by atoms with Crippen LogP contribution in [0.15, 0.2) is 35.1 Å². The van der Waals surface area contributed by atoms with Crippen molar-refractivity contribution in [1.29, 1.82) is 0 Å². The Kier molecular flexibility index (Phi) is 7.40. The summed E-state index contributed by atoms with van der Waals surface area (Å²) in [5.41, 5.74) is 1.12. The number of nitrogens with zero attached hydrogens (tertiary/aromatic N) is 3. The molecule has 1 saturated heterocycles. The van der Waals surface area contributed by atoms with Gasteiger partial charge >= 0.3 is 0 Å². The summed E-state index contributed by atoms with van der Waals surface area (Å²) < 4.78 is 55.3. The molecule has 0 bridgehead atoms. The molecule has 0 radical (unpaired) electrons. The van der Waals surface area contributed by atoms with Crippen molar-refractivity contribution in [3.8, 4) is 0 Å². The van der Waals surface area contributed by atoms with Crippen LogP contribution in [0.1, 0.15) is 67.8 Å². The van der Waals surface area contributed by atoms with Crippen molar-refractivity contribution in [2.75, 3.05) is 40.4 Å². The van der Waals surface area contributed by atoms with Crippen molar-refractivity contribution in [1.82, 2.24) is 9.78 Å². The Labute approximate surface area is 225 Å². The summed E-state index contributed by atoms with van der Waals surface area (Å²) in [6.07, 6.45) is 3.97. The van der Waals surface area contributed by atoms with Crippen LogP contribution in [-0.4, -0.2) is 60.6 Å². The molecule has 0 unspecified atom stereocenters. The first-order valence-corrected chi connectivity index (χ1v) is 14.9. The van der Waals surface area contributed by atoms with Crippen LogP contribution < -0.4 is 20.5 Å². The van der Waals surface area contributed by atoms with Crippen LogP contribution in [0.4, 0.5) is 26.0 Å². The predicted octanol–water partition coefficient (Wildman–Crippen LogP) is 3.36. The van der Waals surface area contributed by atoms with Gasteiger partial charge in [0.2, 0.25) is 15.9 Å². The zero-order valence-corrected chi connectivity index (χ0v) is 22.4. The zero-order chi connectivity index (χ0) is 27.8. The lowest BCUT2D eigenvalue weighted by molar-refractivity contribution is -0.0453. The molecule has 5 rings (SSSR count). The summed E-state index contributed by atoms with van der Waals surface area (Å²) in [4.78, 5) is 27.9. The number of rotatable bonds is 8. The molecule has 2 aromatic rings. The van der Waals surface area contributed by atoms with Gasteiger partial charge in [-0.1, -0.05) is 0 Å². The number of amides is 1. The van der Waals surface area contributed by atoms with E-state index in [9.17, 15) is 26.8 Å². The van der Waals surface area contributed by atoms with Gasteiger partial charge in [-0.3, -0.25) is 14.3 Å². The minimum absolute atomic E-state index is 0.117. The number of aromatic nitrogens is 2. The number of carbonyl (C=O) groups is 1. The van der Waals surface area contributed by atoms with Gasteiger partial charge in [-0.2, -0.15) is 5.10 Å². The maximum Gasteiger partial charge on any atom is 0.267 e. The van der Waals surface area contributed by atoms with E-state index in [1.165, 1.54) is 41.8 Å². The molecule has 1 aliphatic heterocycles. The average Bonchev–Trinajstić information content (AvgIpc) is 3.64. The largest absolute Gasteiger partial charge is 0.395 e. The van der Waals surface area contributed by atoms with Gasteiger partial charge in [-0.15, -0.1) is 0 Å². The lowest BCUT2D eigenvalue weighted by Crippen LogP contribution is -2.36. The maximum absolute atomic E-state index is 13.6. The van der Waals surface area contributed by atoms with Crippen molar-refractivity contribution >= 4 is 33.1 Å². The van der Waals surface area contributed by atoms with E-state index in [0.29, 0.717) is 16.7 Å². The summed E-state index contributed by atoms with van der Waals surface area (Å²) in [5, 5.41) is 16.0. The number of hydrogen-bond donors (Lipinski definition) is 3. The van der Waals surface area contributed by atoms with Gasteiger partial charge in [0.1, 0.15) is 0 Å². The van der Waals surface area contributed by atoms with Crippen LogP contribution in [0.5, 0.6) is 0 Å². The van der Waals surface area contributed by atoms with E-state index in [1.807, 2.05) is 0 Å². The molecular formula is C26H33F2N5O5S. The average molecular weight is 566 g/mol. The van der Waals surface area contributed by atoms with Crippen molar-refractivity contribution in [3.63, 3.8) is 0 Å². The van der Waals surface area contributed by atoms with E-state index >= 15 is 0 Å². The fourth-order valence-electron chi connectivity index (χ4n) is 5.50. The van der Waals surface area contributed by atoms with Crippen LogP contribution in [-0.2, 0) is 10.0 Å². The minimum atomic E-state index is -3.76. The first-order chi connectivity index (χ1) is 18.5. The third-order valence-electron chi connectivity index (χ3n) is 8.10. The molecule has 3 N–H and O–H groups in total. The molecule has 1 amide bonds. The predicted molar refractivity (Wildman–Crippen MR) is 143 cm³/mol. The number of aliphatic hydroxyl groups is 1. The third kappa shape index (κ3) is 6.40. The summed E-state index contributed by atoms with van der Waals surface area (Å²) in [5.74, 6) is -3.56. The van der Waals surface area contributed by atoms with Crippen molar-refractivity contribution in [2.24, 2.45) is 5.41 Å². The first kappa shape index (κ1) is 27.5. The number of halogens is 2. The number of anilines is 3. The molecule has 39 heavy (non-hydrogen) atoms. The number of alkyl halides is 2. The highest BCUT2D eigenvalue weighted by Crippen LogP contribution is 2.54. The topological polar surface area (TPSA) is 134 Å². The van der Waals surface area contributed by atoms with Gasteiger partial charge in [0.25, 0.3) is 11.5 Å². The zero-order valence-electron chi connectivity index (χ0n) is 21.5. The standard InChI is InChI=1S/C26H33F2N5O5S/c27-26(28)7-5-19(6-8-26)33-23(35)4-3-22(30-33)29-24(36)20-2-1-18(31-39(37,38)16-15-34)17-21(20)32-13-11-25(9-10-25)12-14-32/h1-4,17,19,31,34H,5-16H2,(H,29,30,36). The Bertz CT molecular complexity index is 1390. The van der Waals surface area contributed by atoms with E-state index < -0.39 is 45.8 Å². The van der Waals surface area contributed by atoms with Crippen LogP contribution >= 0.6 is 0 Å². The van der Waals surface area contributed by atoms with E-state index in [4.69, 9.17) is 5.11 Å². The van der Waals surface area contributed by atoms with E-state index in [2.05, 4.69) is 20.0 Å². The minimum Gasteiger partial charge on any atom is -0.395 e. The molecule has 2 heterocycles. The highest BCUT2D eigenvalue weighted by Gasteiger charge is 2.44. The van der Waals surface area contributed by atoms with Crippen molar-refractivity contribution in [3.05, 3.63) is 46.2 Å². The van der Waals surface area contributed by atoms with Crippen molar-refractivity contribution < 1.29 is 27.1 Å². The quantitative estimate of drug-likeness (QED) is 0.447. The molecule has 1 aromatic heterocycles. The fourth-order valence-corrected chi connectivity index (χ4v) is 6.33. The van der Waals surface area contributed by atoms with E-state index in [0.717, 1.165) is 25.9 Å². The molecular weight excluding hydrogens is 532 g/mol. The monoisotopic (exact) mass is 565 g/mol. The highest BCUT2D eigenvalue weighted by molar-refractivity contribution is 7.92. The molecule has 2 saturated carbocycles. The molecule has 212 valence electrons. The Morgan fingerprint density at radius 1 is 1.05 bits per heavy atom. The SMILES string of the molecule is O=C(Nc1ccc(=O)n(C2CCC(F)(F)CC2)n1)c1ccc(NS(=O)(=O)CCO)cc1N1CCC2(CC1)CC2. The van der Waals surface area contributed by atoms with Crippen LogP contribution in [0, 0.1) is 5.41 Å². The Balaban J connectivity index is 1.39. The Hall–Kier alpha value is -3.06. The molecule has 2 aliphatic carbocycles. The normalized spacial score (nSPS) is 20.5. The number of sulfonamides is 1. The van der Waals surface area contributed by atoms with Gasteiger partial charge in [0.05, 0.1) is 35.3 Å². The number of hydrogen-bond acceptors (Lipinski definition) is 7. The number of benzene rings is 1. The summed E-state index contributed by atoms with van der Waals surface area (Å²) >= 11 is 0. The second-order valence-corrected chi connectivity index (χ2v) is 12.7. The van der Waals surface area contributed by atoms with Gasteiger partial charge in [-0.25, -0.2) is 21.9 Å². The highest BCUT2D eigenvalue weighted by atomic mass is 32.2. The molecule has 10 nitrogen and oxygen atoms in total. The van der Waals surface area contributed by atoms with Crippen molar-refractivity contribution in [2.45, 2.75) is 63.3 Å². The van der Waals surface area contributed by atoms with E-state index in [-0.39, 0.29) is 37.2 Å². The lowest BCUT2D eigenvalue weighted by Gasteiger charge is -2.35. The molecule has 1 aromatic carbocycles. The number of piperidine rings is 1. The molecule has 3 aliphatic rings. The van der Waals surface area contributed by atoms with Gasteiger partial charge in [0.15, 0.2) is 5.82 Å². The van der Waals surface area contributed by atoms with Gasteiger partial charge in [0, 0.05) is 32.0 Å². The lowest BCUT2D eigenvalue weighted by atomic mass is 9.92. The first-order valence-electron chi connectivity index (χ1n) is 13.3. The van der Waals surface area contributed by atoms with E-state index in [1.54, 1.807) is 6.07 Å². The van der Waals surface area contributed by atoms with Crippen LogP contribution in [0.25, 0.3) is 0 Å². The van der Waals surface area contributed by atoms with Crippen LogP contribution in [0.3, 0.4) is 0 Å². The molecule has 1 spiro atoms. The second kappa shape index (κ2) is 10.5. The second-order valence-electron chi connectivity index (χ2n) is 10.9. The van der Waals surface area contributed by atoms with Gasteiger partial charge < -0.3 is 15.3 Å². The summed E-state index contributed by atoms with van der Waals surface area (Å²) in [6, 6.07) is 6.79. The molecule has 13 heteroatoms. The number of aliphatic hydroxyl groups excluding tert-OH is 1. The Morgan fingerprint density at radius 2 is 1.74 bits per heavy atom. The fraction of sp³-hybridized carbons (Fsp3) is 0.577. The summed E-state index contributed by atoms with van der Waals surface area (Å²) in [6.45, 7) is 0.931. The Morgan fingerprint density at radius 3 is 2.38 bits per heavy atom. The number of nitrogens with one attached hydrogen (secondary N) is 2. The maximum atomic E-state index is 13.6. The van der Waals surface area contributed by atoms with Crippen LogP contribution in [0.2, 0.25) is 0 Å². The van der Waals surface area contributed by atoms with Gasteiger partial charge in [-0.05, 0) is 68.2 Å². The molecule has 0 atom stereocenters. The molecule has 3 fully saturated rings. The number of carbonyl (C=O) groups excluding carboxylic acids is 1. The summed E-state index contributed by atoms with van der Waals surface area (Å²) in [7, 11) is -3.76. The smallest absolute Gasteiger partial charge is 0.267 e. The third-order valence-corrected chi connectivity index (χ3v) is 9.36.